The Labute approximate surface area is 92.1 Å². The Morgan fingerprint density at radius 3 is 2.07 bits per heavy atom. The van der Waals surface area contributed by atoms with Crippen molar-refractivity contribution in [3.05, 3.63) is 0 Å². The van der Waals surface area contributed by atoms with E-state index in [-0.39, 0.29) is 12.2 Å². The molecule has 90 valence electrons. The van der Waals surface area contributed by atoms with Gasteiger partial charge in [0.1, 0.15) is 0 Å². The van der Waals surface area contributed by atoms with E-state index in [0.717, 1.165) is 38.5 Å². The summed E-state index contributed by atoms with van der Waals surface area (Å²) in [5.41, 5.74) is -0.676. The molecule has 1 aliphatic rings. The molecule has 0 aromatic carbocycles. The smallest absolute Gasteiger partial charge is 0.0620 e. The van der Waals surface area contributed by atoms with Crippen LogP contribution in [0.5, 0.6) is 0 Å². The van der Waals surface area contributed by atoms with Gasteiger partial charge in [-0.25, -0.2) is 0 Å². The standard InChI is InChI=1S/C12H24O3/c1-12(15)8-3-6-10(13)4-2-5-11(14)7-9-12/h10-11,13-15H,2-9H2,1H3. The highest BCUT2D eigenvalue weighted by Gasteiger charge is 2.22. The van der Waals surface area contributed by atoms with Crippen LogP contribution in [0.25, 0.3) is 0 Å². The van der Waals surface area contributed by atoms with Gasteiger partial charge in [0.2, 0.25) is 0 Å². The van der Waals surface area contributed by atoms with Crippen molar-refractivity contribution in [3.8, 4) is 0 Å². The van der Waals surface area contributed by atoms with E-state index in [9.17, 15) is 15.3 Å². The summed E-state index contributed by atoms with van der Waals surface area (Å²) < 4.78 is 0. The molecule has 1 aliphatic carbocycles. The molecule has 15 heavy (non-hydrogen) atoms. The average Bonchev–Trinajstić information content (AvgIpc) is 2.15. The summed E-state index contributed by atoms with van der Waals surface area (Å²) in [6, 6.07) is 0. The molecule has 0 heterocycles. The fourth-order valence-electron chi connectivity index (χ4n) is 2.20. The van der Waals surface area contributed by atoms with Crippen molar-refractivity contribution in [3.63, 3.8) is 0 Å². The highest BCUT2D eigenvalue weighted by atomic mass is 16.3. The topological polar surface area (TPSA) is 60.7 Å². The Bertz CT molecular complexity index is 180. The molecule has 0 aliphatic heterocycles. The van der Waals surface area contributed by atoms with E-state index in [1.807, 2.05) is 6.92 Å². The van der Waals surface area contributed by atoms with E-state index in [2.05, 4.69) is 0 Å². The molecule has 3 atom stereocenters. The lowest BCUT2D eigenvalue weighted by Gasteiger charge is -2.24. The van der Waals surface area contributed by atoms with Crippen molar-refractivity contribution < 1.29 is 15.3 Å². The normalized spacial score (nSPS) is 40.8. The summed E-state index contributed by atoms with van der Waals surface area (Å²) in [6.07, 6.45) is 5.50. The summed E-state index contributed by atoms with van der Waals surface area (Å²) in [7, 11) is 0. The van der Waals surface area contributed by atoms with Crippen LogP contribution >= 0.6 is 0 Å². The average molecular weight is 216 g/mol. The maximum Gasteiger partial charge on any atom is 0.0620 e. The second-order valence-electron chi connectivity index (χ2n) is 5.17. The number of aliphatic hydroxyl groups is 3. The zero-order valence-corrected chi connectivity index (χ0v) is 9.65. The molecule has 0 saturated heterocycles. The van der Waals surface area contributed by atoms with Crippen LogP contribution in [-0.2, 0) is 0 Å². The minimum Gasteiger partial charge on any atom is -0.393 e. The zero-order valence-electron chi connectivity index (χ0n) is 9.65. The van der Waals surface area contributed by atoms with Crippen molar-refractivity contribution in [1.82, 2.24) is 0 Å². The molecule has 1 fully saturated rings. The Morgan fingerprint density at radius 2 is 1.40 bits per heavy atom. The second kappa shape index (κ2) is 5.83. The van der Waals surface area contributed by atoms with Crippen LogP contribution in [0.2, 0.25) is 0 Å². The van der Waals surface area contributed by atoms with Gasteiger partial charge in [-0.1, -0.05) is 0 Å². The van der Waals surface area contributed by atoms with Crippen LogP contribution in [-0.4, -0.2) is 33.1 Å². The van der Waals surface area contributed by atoms with Crippen molar-refractivity contribution >= 4 is 0 Å². The SMILES string of the molecule is CC1(O)CCCC(O)CCCC(O)CC1. The fraction of sp³-hybridized carbons (Fsp3) is 1.00. The van der Waals surface area contributed by atoms with Crippen LogP contribution in [0, 0.1) is 0 Å². The first kappa shape index (κ1) is 12.9. The van der Waals surface area contributed by atoms with Crippen LogP contribution in [0.15, 0.2) is 0 Å². The molecule has 0 aromatic rings. The number of rotatable bonds is 0. The lowest BCUT2D eigenvalue weighted by Crippen LogP contribution is -2.26. The van der Waals surface area contributed by atoms with Gasteiger partial charge in [0.15, 0.2) is 0 Å². The van der Waals surface area contributed by atoms with Crippen LogP contribution < -0.4 is 0 Å². The molecule has 3 heteroatoms. The predicted octanol–water partition coefficient (Wildman–Crippen LogP) is 1.59. The third-order valence-corrected chi connectivity index (χ3v) is 3.34. The second-order valence-corrected chi connectivity index (χ2v) is 5.17. The third kappa shape index (κ3) is 5.50. The highest BCUT2D eigenvalue weighted by molar-refractivity contribution is 4.76. The van der Waals surface area contributed by atoms with Gasteiger partial charge < -0.3 is 15.3 Å². The lowest BCUT2D eigenvalue weighted by atomic mass is 9.92. The number of hydrogen-bond donors (Lipinski definition) is 3. The maximum atomic E-state index is 10.00. The Kier molecular flexibility index (Phi) is 5.03. The van der Waals surface area contributed by atoms with Crippen molar-refractivity contribution in [2.45, 2.75) is 76.1 Å². The highest BCUT2D eigenvalue weighted by Crippen LogP contribution is 2.24. The van der Waals surface area contributed by atoms with Crippen LogP contribution in [0.4, 0.5) is 0 Å². The first-order valence-corrected chi connectivity index (χ1v) is 6.08. The van der Waals surface area contributed by atoms with Gasteiger partial charge in [0, 0.05) is 0 Å². The summed E-state index contributed by atoms with van der Waals surface area (Å²) in [4.78, 5) is 0. The summed E-state index contributed by atoms with van der Waals surface area (Å²) in [5.74, 6) is 0. The summed E-state index contributed by atoms with van der Waals surface area (Å²) in [5, 5.41) is 29.3. The Hall–Kier alpha value is -0.120. The quantitative estimate of drug-likeness (QED) is 0.576. The maximum absolute atomic E-state index is 10.00. The van der Waals surface area contributed by atoms with E-state index in [1.54, 1.807) is 0 Å². The molecule has 3 nitrogen and oxygen atoms in total. The predicted molar refractivity (Wildman–Crippen MR) is 59.6 cm³/mol. The van der Waals surface area contributed by atoms with E-state index in [1.165, 1.54) is 0 Å². The minimum absolute atomic E-state index is 0.258. The van der Waals surface area contributed by atoms with E-state index in [4.69, 9.17) is 0 Å². The van der Waals surface area contributed by atoms with Crippen molar-refractivity contribution in [1.29, 1.82) is 0 Å². The largest absolute Gasteiger partial charge is 0.393 e. The summed E-state index contributed by atoms with van der Waals surface area (Å²) in [6.45, 7) is 1.82. The monoisotopic (exact) mass is 216 g/mol. The molecule has 1 saturated carbocycles. The molecular formula is C12H24O3. The molecule has 0 spiro atoms. The summed E-state index contributed by atoms with van der Waals surface area (Å²) >= 11 is 0. The Morgan fingerprint density at radius 1 is 0.867 bits per heavy atom. The van der Waals surface area contributed by atoms with E-state index in [0.29, 0.717) is 12.8 Å². The van der Waals surface area contributed by atoms with E-state index < -0.39 is 5.60 Å². The molecule has 1 rings (SSSR count). The van der Waals surface area contributed by atoms with Crippen LogP contribution in [0.3, 0.4) is 0 Å². The van der Waals surface area contributed by atoms with Gasteiger partial charge in [0.05, 0.1) is 17.8 Å². The van der Waals surface area contributed by atoms with Gasteiger partial charge in [-0.2, -0.15) is 0 Å². The molecular weight excluding hydrogens is 192 g/mol. The van der Waals surface area contributed by atoms with Crippen molar-refractivity contribution in [2.75, 3.05) is 0 Å². The minimum atomic E-state index is -0.676. The molecule has 0 amide bonds. The van der Waals surface area contributed by atoms with Gasteiger partial charge >= 0.3 is 0 Å². The van der Waals surface area contributed by atoms with Gasteiger partial charge in [-0.05, 0) is 58.3 Å². The third-order valence-electron chi connectivity index (χ3n) is 3.34. The first-order valence-electron chi connectivity index (χ1n) is 6.08. The molecule has 3 unspecified atom stereocenters. The first-order chi connectivity index (χ1) is 6.99. The Balaban J connectivity index is 2.45. The van der Waals surface area contributed by atoms with Gasteiger partial charge in [0.25, 0.3) is 0 Å². The lowest BCUT2D eigenvalue weighted by molar-refractivity contribution is 0.0210. The number of hydrogen-bond acceptors (Lipinski definition) is 3. The van der Waals surface area contributed by atoms with Gasteiger partial charge in [-0.15, -0.1) is 0 Å². The number of aliphatic hydroxyl groups excluding tert-OH is 2. The van der Waals surface area contributed by atoms with Gasteiger partial charge in [-0.3, -0.25) is 0 Å². The molecule has 0 bridgehead atoms. The van der Waals surface area contributed by atoms with Crippen LogP contribution in [0.1, 0.15) is 58.3 Å². The fourth-order valence-corrected chi connectivity index (χ4v) is 2.20. The molecule has 0 aromatic heterocycles. The van der Waals surface area contributed by atoms with E-state index >= 15 is 0 Å². The van der Waals surface area contributed by atoms with Crippen molar-refractivity contribution in [2.24, 2.45) is 0 Å². The molecule has 0 radical (unpaired) electrons. The zero-order chi connectivity index (χ0) is 11.3. The molecule has 3 N–H and O–H groups in total.